The molecule has 0 unspecified atom stereocenters. The monoisotopic (exact) mass is 224 g/mol. The van der Waals surface area contributed by atoms with E-state index in [1.165, 1.54) is 25.3 Å². The van der Waals surface area contributed by atoms with Gasteiger partial charge in [0.25, 0.3) is 5.56 Å². The molecule has 1 aliphatic rings. The minimum atomic E-state index is -0.258. The summed E-state index contributed by atoms with van der Waals surface area (Å²) in [5, 5.41) is 8.87. The van der Waals surface area contributed by atoms with Crippen molar-refractivity contribution in [2.45, 2.75) is 32.5 Å². The van der Waals surface area contributed by atoms with Crippen molar-refractivity contribution in [1.82, 2.24) is 9.97 Å². The first kappa shape index (κ1) is 11.3. The molecule has 0 amide bonds. The predicted molar refractivity (Wildman–Crippen MR) is 57.8 cm³/mol. The van der Waals surface area contributed by atoms with E-state index < -0.39 is 0 Å². The third kappa shape index (κ3) is 2.90. The SMILES string of the molecule is O=c1cc(COCC2CCC2)nc(CO)[nH]1. The molecule has 1 heterocycles. The minimum absolute atomic E-state index is 0.249. The highest BCUT2D eigenvalue weighted by Crippen LogP contribution is 2.26. The van der Waals surface area contributed by atoms with Gasteiger partial charge in [0.2, 0.25) is 0 Å². The topological polar surface area (TPSA) is 75.2 Å². The van der Waals surface area contributed by atoms with Gasteiger partial charge >= 0.3 is 0 Å². The third-order valence-electron chi connectivity index (χ3n) is 2.82. The molecule has 0 atom stereocenters. The van der Waals surface area contributed by atoms with Gasteiger partial charge in [-0.25, -0.2) is 4.98 Å². The molecule has 88 valence electrons. The van der Waals surface area contributed by atoms with E-state index in [1.54, 1.807) is 0 Å². The molecule has 0 radical (unpaired) electrons. The van der Waals surface area contributed by atoms with Crippen molar-refractivity contribution in [3.8, 4) is 0 Å². The highest BCUT2D eigenvalue weighted by molar-refractivity contribution is 5.01. The van der Waals surface area contributed by atoms with E-state index in [2.05, 4.69) is 9.97 Å². The zero-order valence-electron chi connectivity index (χ0n) is 9.11. The van der Waals surface area contributed by atoms with Crippen LogP contribution >= 0.6 is 0 Å². The van der Waals surface area contributed by atoms with E-state index in [0.29, 0.717) is 18.2 Å². The van der Waals surface area contributed by atoms with Gasteiger partial charge in [-0.15, -0.1) is 0 Å². The lowest BCUT2D eigenvalue weighted by atomic mass is 9.86. The normalized spacial score (nSPS) is 16.1. The van der Waals surface area contributed by atoms with Gasteiger partial charge in [-0.05, 0) is 18.8 Å². The summed E-state index contributed by atoms with van der Waals surface area (Å²) in [6, 6.07) is 1.40. The van der Waals surface area contributed by atoms with Gasteiger partial charge in [0.15, 0.2) is 0 Å². The van der Waals surface area contributed by atoms with Crippen LogP contribution in [-0.2, 0) is 18.0 Å². The fourth-order valence-electron chi connectivity index (χ4n) is 1.70. The number of ether oxygens (including phenoxy) is 1. The Morgan fingerprint density at radius 2 is 2.38 bits per heavy atom. The quantitative estimate of drug-likeness (QED) is 0.767. The van der Waals surface area contributed by atoms with Gasteiger partial charge in [0, 0.05) is 12.7 Å². The fraction of sp³-hybridized carbons (Fsp3) is 0.636. The van der Waals surface area contributed by atoms with E-state index in [4.69, 9.17) is 9.84 Å². The van der Waals surface area contributed by atoms with Crippen LogP contribution in [0.15, 0.2) is 10.9 Å². The molecule has 1 fully saturated rings. The molecule has 0 bridgehead atoms. The van der Waals surface area contributed by atoms with E-state index >= 15 is 0 Å². The molecule has 0 aliphatic heterocycles. The molecular formula is C11H16N2O3. The molecule has 1 aromatic rings. The summed E-state index contributed by atoms with van der Waals surface area (Å²) < 4.78 is 5.48. The summed E-state index contributed by atoms with van der Waals surface area (Å²) in [4.78, 5) is 17.7. The Bertz CT molecular complexity index is 398. The standard InChI is InChI=1S/C11H16N2O3/c14-5-10-12-9(4-11(15)13-10)7-16-6-8-2-1-3-8/h4,8,14H,1-3,5-7H2,(H,12,13,15). The Labute approximate surface area is 93.5 Å². The highest BCUT2D eigenvalue weighted by Gasteiger charge is 2.17. The number of aliphatic hydroxyl groups excluding tert-OH is 1. The summed E-state index contributed by atoms with van der Waals surface area (Å²) in [7, 11) is 0. The molecule has 0 saturated heterocycles. The van der Waals surface area contributed by atoms with Crippen molar-refractivity contribution < 1.29 is 9.84 Å². The molecule has 2 N–H and O–H groups in total. The second kappa shape index (κ2) is 5.23. The van der Waals surface area contributed by atoms with Crippen LogP contribution in [0.1, 0.15) is 30.8 Å². The van der Waals surface area contributed by atoms with Gasteiger partial charge in [-0.3, -0.25) is 4.79 Å². The maximum Gasteiger partial charge on any atom is 0.251 e. The lowest BCUT2D eigenvalue weighted by molar-refractivity contribution is 0.0576. The average Bonchev–Trinajstić information content (AvgIpc) is 2.21. The Balaban J connectivity index is 1.87. The molecule has 2 rings (SSSR count). The molecule has 1 aliphatic carbocycles. The van der Waals surface area contributed by atoms with Crippen LogP contribution in [0.3, 0.4) is 0 Å². The number of aliphatic hydroxyl groups is 1. The second-order valence-corrected chi connectivity index (χ2v) is 4.15. The van der Waals surface area contributed by atoms with E-state index in [-0.39, 0.29) is 18.0 Å². The third-order valence-corrected chi connectivity index (χ3v) is 2.82. The van der Waals surface area contributed by atoms with Gasteiger partial charge < -0.3 is 14.8 Å². The summed E-state index contributed by atoms with van der Waals surface area (Å²) in [5.74, 6) is 0.967. The van der Waals surface area contributed by atoms with E-state index in [1.807, 2.05) is 0 Å². The minimum Gasteiger partial charge on any atom is -0.388 e. The summed E-state index contributed by atoms with van der Waals surface area (Å²) in [5.41, 5.74) is 0.327. The molecule has 5 nitrogen and oxygen atoms in total. The lowest BCUT2D eigenvalue weighted by Crippen LogP contribution is -2.18. The molecule has 1 saturated carbocycles. The number of hydrogen-bond donors (Lipinski definition) is 2. The van der Waals surface area contributed by atoms with Gasteiger partial charge in [-0.2, -0.15) is 0 Å². The first-order valence-corrected chi connectivity index (χ1v) is 5.55. The lowest BCUT2D eigenvalue weighted by Gasteiger charge is -2.24. The van der Waals surface area contributed by atoms with Crippen LogP contribution in [0.25, 0.3) is 0 Å². The Kier molecular flexibility index (Phi) is 3.69. The Morgan fingerprint density at radius 1 is 1.56 bits per heavy atom. The zero-order chi connectivity index (χ0) is 11.4. The van der Waals surface area contributed by atoms with Crippen molar-refractivity contribution >= 4 is 0 Å². The number of nitrogens with zero attached hydrogens (tertiary/aromatic N) is 1. The van der Waals surface area contributed by atoms with Crippen molar-refractivity contribution in [3.63, 3.8) is 0 Å². The summed E-state index contributed by atoms with van der Waals surface area (Å²) >= 11 is 0. The molecule has 0 aromatic carbocycles. The Hall–Kier alpha value is -1.20. The maximum atomic E-state index is 11.2. The summed E-state index contributed by atoms with van der Waals surface area (Å²) in [6.07, 6.45) is 3.78. The first-order valence-electron chi connectivity index (χ1n) is 5.55. The van der Waals surface area contributed by atoms with Crippen molar-refractivity contribution in [3.05, 3.63) is 27.9 Å². The summed E-state index contributed by atoms with van der Waals surface area (Å²) in [6.45, 7) is 0.821. The van der Waals surface area contributed by atoms with E-state index in [9.17, 15) is 4.79 Å². The van der Waals surface area contributed by atoms with Crippen LogP contribution in [-0.4, -0.2) is 21.7 Å². The van der Waals surface area contributed by atoms with Gasteiger partial charge in [0.1, 0.15) is 12.4 Å². The number of hydrogen-bond acceptors (Lipinski definition) is 4. The highest BCUT2D eigenvalue weighted by atomic mass is 16.5. The van der Waals surface area contributed by atoms with Crippen LogP contribution in [0.4, 0.5) is 0 Å². The van der Waals surface area contributed by atoms with Gasteiger partial charge in [-0.1, -0.05) is 6.42 Å². The number of aromatic nitrogens is 2. The van der Waals surface area contributed by atoms with Crippen LogP contribution < -0.4 is 5.56 Å². The zero-order valence-corrected chi connectivity index (χ0v) is 9.11. The molecule has 16 heavy (non-hydrogen) atoms. The van der Waals surface area contributed by atoms with Crippen LogP contribution in [0.5, 0.6) is 0 Å². The first-order chi connectivity index (χ1) is 7.78. The average molecular weight is 224 g/mol. The maximum absolute atomic E-state index is 11.2. The molecular weight excluding hydrogens is 208 g/mol. The van der Waals surface area contributed by atoms with Crippen molar-refractivity contribution in [2.75, 3.05) is 6.61 Å². The fourth-order valence-corrected chi connectivity index (χ4v) is 1.70. The van der Waals surface area contributed by atoms with Crippen molar-refractivity contribution in [1.29, 1.82) is 0 Å². The van der Waals surface area contributed by atoms with Crippen molar-refractivity contribution in [2.24, 2.45) is 5.92 Å². The number of aromatic amines is 1. The predicted octanol–water partition coefficient (Wildman–Crippen LogP) is 0.579. The van der Waals surface area contributed by atoms with Gasteiger partial charge in [0.05, 0.1) is 12.3 Å². The smallest absolute Gasteiger partial charge is 0.251 e. The second-order valence-electron chi connectivity index (χ2n) is 4.15. The number of rotatable bonds is 5. The Morgan fingerprint density at radius 3 is 3.00 bits per heavy atom. The largest absolute Gasteiger partial charge is 0.388 e. The van der Waals surface area contributed by atoms with E-state index in [0.717, 1.165) is 6.61 Å². The number of H-pyrrole nitrogens is 1. The molecule has 0 spiro atoms. The van der Waals surface area contributed by atoms with Crippen LogP contribution in [0.2, 0.25) is 0 Å². The van der Waals surface area contributed by atoms with Crippen LogP contribution in [0, 0.1) is 5.92 Å². The molecule has 5 heteroatoms. The number of nitrogens with one attached hydrogen (secondary N) is 1. The molecule has 1 aromatic heterocycles.